The second kappa shape index (κ2) is 6.35. The molecule has 0 saturated carbocycles. The molecular weight excluding hydrogens is 264 g/mol. The molecule has 0 unspecified atom stereocenters. The summed E-state index contributed by atoms with van der Waals surface area (Å²) in [6, 6.07) is 3.98. The molecule has 1 aliphatic rings. The fraction of sp³-hybridized carbons (Fsp3) is 0.562. The monoisotopic (exact) mass is 286 g/mol. The van der Waals surface area contributed by atoms with Crippen LogP contribution in [0.5, 0.6) is 0 Å². The Kier molecular flexibility index (Phi) is 4.29. The molecule has 0 N–H and O–H groups in total. The van der Waals surface area contributed by atoms with E-state index in [0.717, 1.165) is 24.6 Å². The van der Waals surface area contributed by atoms with E-state index in [2.05, 4.69) is 33.9 Å². The smallest absolute Gasteiger partial charge is 0.244 e. The molecule has 2 aromatic heterocycles. The van der Waals surface area contributed by atoms with Gasteiger partial charge in [0.2, 0.25) is 11.7 Å². The van der Waals surface area contributed by atoms with Gasteiger partial charge in [0.15, 0.2) is 0 Å². The zero-order valence-electron chi connectivity index (χ0n) is 12.7. The molecule has 21 heavy (non-hydrogen) atoms. The van der Waals surface area contributed by atoms with Crippen molar-refractivity contribution >= 4 is 0 Å². The average molecular weight is 286 g/mol. The fourth-order valence-corrected chi connectivity index (χ4v) is 2.96. The van der Waals surface area contributed by atoms with Gasteiger partial charge in [0, 0.05) is 24.5 Å². The first-order chi connectivity index (χ1) is 10.3. The van der Waals surface area contributed by atoms with E-state index >= 15 is 0 Å². The molecule has 3 rings (SSSR count). The number of hydrogen-bond donors (Lipinski definition) is 0. The maximum Gasteiger partial charge on any atom is 0.244 e. The lowest BCUT2D eigenvalue weighted by Crippen LogP contribution is -2.37. The standard InChI is InChI=1S/C16H22N4O/c1-3-13-5-4-10-20(11-13)12(2)16-18-15(19-21-16)14-6-8-17-9-7-14/h6-9,12-13H,3-5,10-11H2,1-2H3/t12-,13+/m0/s1. The van der Waals surface area contributed by atoms with E-state index in [1.165, 1.54) is 19.3 Å². The van der Waals surface area contributed by atoms with Crippen molar-refractivity contribution in [1.82, 2.24) is 20.0 Å². The molecule has 3 heterocycles. The minimum Gasteiger partial charge on any atom is -0.337 e. The van der Waals surface area contributed by atoms with Crippen LogP contribution in [0.3, 0.4) is 0 Å². The van der Waals surface area contributed by atoms with Crippen molar-refractivity contribution in [1.29, 1.82) is 0 Å². The first-order valence-corrected chi connectivity index (χ1v) is 7.76. The van der Waals surface area contributed by atoms with Crippen molar-refractivity contribution in [2.75, 3.05) is 13.1 Å². The minimum absolute atomic E-state index is 0.183. The van der Waals surface area contributed by atoms with Gasteiger partial charge in [0.05, 0.1) is 6.04 Å². The summed E-state index contributed by atoms with van der Waals surface area (Å²) in [5.74, 6) is 2.14. The molecule has 0 amide bonds. The predicted octanol–water partition coefficient (Wildman–Crippen LogP) is 3.31. The van der Waals surface area contributed by atoms with Crippen molar-refractivity contribution in [2.45, 2.75) is 39.2 Å². The number of pyridine rings is 1. The molecule has 2 atom stereocenters. The minimum atomic E-state index is 0.183. The summed E-state index contributed by atoms with van der Waals surface area (Å²) >= 11 is 0. The van der Waals surface area contributed by atoms with E-state index in [1.807, 2.05) is 12.1 Å². The molecule has 112 valence electrons. The van der Waals surface area contributed by atoms with Crippen LogP contribution in [0, 0.1) is 5.92 Å². The van der Waals surface area contributed by atoms with Crippen LogP contribution in [0.4, 0.5) is 0 Å². The van der Waals surface area contributed by atoms with Crippen LogP contribution < -0.4 is 0 Å². The van der Waals surface area contributed by atoms with E-state index in [1.54, 1.807) is 12.4 Å². The SMILES string of the molecule is CC[C@@H]1CCCN([C@@H](C)c2nc(-c3ccncc3)no2)C1. The zero-order chi connectivity index (χ0) is 14.7. The van der Waals surface area contributed by atoms with E-state index in [9.17, 15) is 0 Å². The third kappa shape index (κ3) is 3.13. The molecule has 1 aliphatic heterocycles. The van der Waals surface area contributed by atoms with Crippen molar-refractivity contribution in [3.05, 3.63) is 30.4 Å². The third-order valence-electron chi connectivity index (χ3n) is 4.41. The summed E-state index contributed by atoms with van der Waals surface area (Å²) in [5.41, 5.74) is 0.942. The number of rotatable bonds is 4. The third-order valence-corrected chi connectivity index (χ3v) is 4.41. The van der Waals surface area contributed by atoms with Crippen LogP contribution in [0.1, 0.15) is 45.0 Å². The molecule has 0 spiro atoms. The summed E-state index contributed by atoms with van der Waals surface area (Å²) in [5, 5.41) is 4.10. The number of nitrogens with zero attached hydrogens (tertiary/aromatic N) is 4. The highest BCUT2D eigenvalue weighted by atomic mass is 16.5. The topological polar surface area (TPSA) is 55.1 Å². The van der Waals surface area contributed by atoms with Crippen LogP contribution in [-0.4, -0.2) is 33.1 Å². The van der Waals surface area contributed by atoms with Crippen molar-refractivity contribution in [2.24, 2.45) is 5.92 Å². The Morgan fingerprint density at radius 1 is 1.38 bits per heavy atom. The van der Waals surface area contributed by atoms with Crippen LogP contribution in [-0.2, 0) is 0 Å². The first kappa shape index (κ1) is 14.2. The summed E-state index contributed by atoms with van der Waals surface area (Å²) in [6.45, 7) is 6.67. The molecule has 0 radical (unpaired) electrons. The highest BCUT2D eigenvalue weighted by Gasteiger charge is 2.26. The Labute approximate surface area is 125 Å². The lowest BCUT2D eigenvalue weighted by Gasteiger charge is -2.34. The second-order valence-corrected chi connectivity index (χ2v) is 5.78. The average Bonchev–Trinajstić information content (AvgIpc) is 3.05. The molecule has 0 aromatic carbocycles. The van der Waals surface area contributed by atoms with Crippen LogP contribution in [0.25, 0.3) is 11.4 Å². The highest BCUT2D eigenvalue weighted by Crippen LogP contribution is 2.28. The Morgan fingerprint density at radius 3 is 2.95 bits per heavy atom. The predicted molar refractivity (Wildman–Crippen MR) is 80.5 cm³/mol. The summed E-state index contributed by atoms with van der Waals surface area (Å²) in [4.78, 5) is 11.0. The van der Waals surface area contributed by atoms with Gasteiger partial charge in [-0.1, -0.05) is 18.5 Å². The fourth-order valence-electron chi connectivity index (χ4n) is 2.96. The van der Waals surface area contributed by atoms with Crippen LogP contribution >= 0.6 is 0 Å². The van der Waals surface area contributed by atoms with Gasteiger partial charge in [0.1, 0.15) is 0 Å². The van der Waals surface area contributed by atoms with Gasteiger partial charge in [-0.2, -0.15) is 4.98 Å². The largest absolute Gasteiger partial charge is 0.337 e. The molecule has 5 heteroatoms. The molecule has 0 aliphatic carbocycles. The van der Waals surface area contributed by atoms with Gasteiger partial charge in [-0.3, -0.25) is 9.88 Å². The van der Waals surface area contributed by atoms with Gasteiger partial charge >= 0.3 is 0 Å². The number of piperidine rings is 1. The lowest BCUT2D eigenvalue weighted by molar-refractivity contribution is 0.109. The van der Waals surface area contributed by atoms with Gasteiger partial charge in [0.25, 0.3) is 0 Å². The Bertz CT molecular complexity index is 569. The molecule has 2 aromatic rings. The summed E-state index contributed by atoms with van der Waals surface area (Å²) in [7, 11) is 0. The molecular formula is C16H22N4O. The molecule has 1 fully saturated rings. The Balaban J connectivity index is 1.73. The van der Waals surface area contributed by atoms with Crippen molar-refractivity contribution in [3.63, 3.8) is 0 Å². The van der Waals surface area contributed by atoms with Crippen molar-refractivity contribution in [3.8, 4) is 11.4 Å². The van der Waals surface area contributed by atoms with E-state index in [4.69, 9.17) is 4.52 Å². The van der Waals surface area contributed by atoms with Gasteiger partial charge in [-0.15, -0.1) is 0 Å². The number of likely N-dealkylation sites (tertiary alicyclic amines) is 1. The van der Waals surface area contributed by atoms with E-state index < -0.39 is 0 Å². The summed E-state index contributed by atoms with van der Waals surface area (Å²) < 4.78 is 5.48. The zero-order valence-corrected chi connectivity index (χ0v) is 12.7. The highest BCUT2D eigenvalue weighted by molar-refractivity contribution is 5.52. The van der Waals surface area contributed by atoms with Gasteiger partial charge in [-0.05, 0) is 44.4 Å². The Morgan fingerprint density at radius 2 is 2.19 bits per heavy atom. The molecule has 0 bridgehead atoms. The van der Waals surface area contributed by atoms with E-state index in [-0.39, 0.29) is 6.04 Å². The lowest BCUT2D eigenvalue weighted by atomic mass is 9.95. The number of aromatic nitrogens is 3. The maximum atomic E-state index is 5.48. The van der Waals surface area contributed by atoms with Crippen molar-refractivity contribution < 1.29 is 4.52 Å². The van der Waals surface area contributed by atoms with Crippen LogP contribution in [0.15, 0.2) is 29.0 Å². The molecule has 5 nitrogen and oxygen atoms in total. The quantitative estimate of drug-likeness (QED) is 0.863. The number of hydrogen-bond acceptors (Lipinski definition) is 5. The second-order valence-electron chi connectivity index (χ2n) is 5.78. The van der Waals surface area contributed by atoms with Gasteiger partial charge in [-0.25, -0.2) is 0 Å². The first-order valence-electron chi connectivity index (χ1n) is 7.76. The normalized spacial score (nSPS) is 21.3. The molecule has 1 saturated heterocycles. The maximum absolute atomic E-state index is 5.48. The van der Waals surface area contributed by atoms with Crippen LogP contribution in [0.2, 0.25) is 0 Å². The Hall–Kier alpha value is -1.75. The van der Waals surface area contributed by atoms with Gasteiger partial charge < -0.3 is 4.52 Å². The summed E-state index contributed by atoms with van der Waals surface area (Å²) in [6.07, 6.45) is 7.33. The van der Waals surface area contributed by atoms with E-state index in [0.29, 0.717) is 11.7 Å².